The van der Waals surface area contributed by atoms with E-state index in [-0.39, 0.29) is 17.9 Å². The van der Waals surface area contributed by atoms with E-state index < -0.39 is 0 Å². The van der Waals surface area contributed by atoms with Gasteiger partial charge in [-0.25, -0.2) is 0 Å². The SMILES string of the molecule is CC(NC(=O)c1ccccc1NC(=O)Cc1cccs1)c1ccccc1. The highest BCUT2D eigenvalue weighted by atomic mass is 32.1. The number of amides is 2. The van der Waals surface area contributed by atoms with Crippen LogP contribution in [-0.2, 0) is 11.2 Å². The minimum atomic E-state index is -0.214. The molecule has 2 amide bonds. The van der Waals surface area contributed by atoms with Gasteiger partial charge in [0.1, 0.15) is 0 Å². The van der Waals surface area contributed by atoms with E-state index in [1.54, 1.807) is 24.3 Å². The number of carbonyl (C=O) groups is 2. The highest BCUT2D eigenvalue weighted by molar-refractivity contribution is 7.10. The molecule has 0 saturated carbocycles. The zero-order chi connectivity index (χ0) is 18.4. The maximum Gasteiger partial charge on any atom is 0.253 e. The van der Waals surface area contributed by atoms with E-state index >= 15 is 0 Å². The van der Waals surface area contributed by atoms with Gasteiger partial charge in [-0.05, 0) is 36.1 Å². The smallest absolute Gasteiger partial charge is 0.253 e. The van der Waals surface area contributed by atoms with Crippen LogP contribution in [0.2, 0.25) is 0 Å². The fourth-order valence-electron chi connectivity index (χ4n) is 2.66. The van der Waals surface area contributed by atoms with Crippen molar-refractivity contribution >= 4 is 28.8 Å². The maximum atomic E-state index is 12.7. The van der Waals surface area contributed by atoms with Gasteiger partial charge in [0.15, 0.2) is 0 Å². The van der Waals surface area contributed by atoms with Crippen molar-refractivity contribution in [3.8, 4) is 0 Å². The Morgan fingerprint density at radius 2 is 1.69 bits per heavy atom. The summed E-state index contributed by atoms with van der Waals surface area (Å²) in [6.07, 6.45) is 0.300. The second-order valence-electron chi connectivity index (χ2n) is 5.96. The van der Waals surface area contributed by atoms with Gasteiger partial charge in [-0.15, -0.1) is 11.3 Å². The van der Waals surface area contributed by atoms with E-state index in [0.717, 1.165) is 10.4 Å². The van der Waals surface area contributed by atoms with E-state index in [0.29, 0.717) is 17.7 Å². The highest BCUT2D eigenvalue weighted by Gasteiger charge is 2.16. The molecule has 1 heterocycles. The molecule has 5 heteroatoms. The largest absolute Gasteiger partial charge is 0.345 e. The van der Waals surface area contributed by atoms with Gasteiger partial charge in [-0.1, -0.05) is 48.5 Å². The normalized spacial score (nSPS) is 11.6. The lowest BCUT2D eigenvalue weighted by molar-refractivity contribution is -0.115. The van der Waals surface area contributed by atoms with Gasteiger partial charge < -0.3 is 10.6 Å². The Morgan fingerprint density at radius 3 is 2.42 bits per heavy atom. The Morgan fingerprint density at radius 1 is 0.962 bits per heavy atom. The predicted octanol–water partition coefficient (Wildman–Crippen LogP) is 4.42. The molecule has 0 radical (unpaired) electrons. The zero-order valence-corrected chi connectivity index (χ0v) is 15.3. The first kappa shape index (κ1) is 17.9. The van der Waals surface area contributed by atoms with Crippen molar-refractivity contribution in [2.24, 2.45) is 0 Å². The van der Waals surface area contributed by atoms with Crippen molar-refractivity contribution in [2.45, 2.75) is 19.4 Å². The first-order valence-electron chi connectivity index (χ1n) is 8.40. The average Bonchev–Trinajstić information content (AvgIpc) is 3.15. The third-order valence-corrected chi connectivity index (χ3v) is 4.88. The third-order valence-electron chi connectivity index (χ3n) is 4.01. The van der Waals surface area contributed by atoms with Crippen molar-refractivity contribution in [1.29, 1.82) is 0 Å². The molecule has 1 atom stereocenters. The molecule has 3 aromatic rings. The lowest BCUT2D eigenvalue weighted by atomic mass is 10.1. The Balaban J connectivity index is 1.70. The predicted molar refractivity (Wildman–Crippen MR) is 105 cm³/mol. The van der Waals surface area contributed by atoms with Crippen LogP contribution in [0.1, 0.15) is 33.8 Å². The molecule has 4 nitrogen and oxygen atoms in total. The van der Waals surface area contributed by atoms with Crippen LogP contribution in [0.5, 0.6) is 0 Å². The Bertz CT molecular complexity index is 876. The highest BCUT2D eigenvalue weighted by Crippen LogP contribution is 2.19. The molecule has 0 spiro atoms. The second kappa shape index (κ2) is 8.45. The van der Waals surface area contributed by atoms with Crippen LogP contribution >= 0.6 is 11.3 Å². The molecule has 0 aliphatic rings. The number of hydrogen-bond acceptors (Lipinski definition) is 3. The van der Waals surface area contributed by atoms with Gasteiger partial charge in [-0.2, -0.15) is 0 Å². The molecule has 132 valence electrons. The van der Waals surface area contributed by atoms with Gasteiger partial charge in [0.05, 0.1) is 23.7 Å². The van der Waals surface area contributed by atoms with Crippen molar-refractivity contribution in [3.05, 3.63) is 88.1 Å². The summed E-state index contributed by atoms with van der Waals surface area (Å²) in [5, 5.41) is 7.77. The van der Waals surface area contributed by atoms with Crippen LogP contribution in [0.25, 0.3) is 0 Å². The number of para-hydroxylation sites is 1. The van der Waals surface area contributed by atoms with Crippen LogP contribution in [0.15, 0.2) is 72.1 Å². The van der Waals surface area contributed by atoms with Crippen LogP contribution in [0.4, 0.5) is 5.69 Å². The quantitative estimate of drug-likeness (QED) is 0.680. The molecule has 0 aliphatic heterocycles. The Kier molecular flexibility index (Phi) is 5.81. The zero-order valence-electron chi connectivity index (χ0n) is 14.4. The lowest BCUT2D eigenvalue weighted by Gasteiger charge is -2.16. The summed E-state index contributed by atoms with van der Waals surface area (Å²) in [5.41, 5.74) is 2.00. The summed E-state index contributed by atoms with van der Waals surface area (Å²) in [7, 11) is 0. The van der Waals surface area contributed by atoms with Crippen LogP contribution in [0, 0.1) is 0 Å². The molecule has 0 bridgehead atoms. The van der Waals surface area contributed by atoms with Gasteiger partial charge >= 0.3 is 0 Å². The molecule has 3 rings (SSSR count). The summed E-state index contributed by atoms with van der Waals surface area (Å²) in [5.74, 6) is -0.350. The molecule has 2 aromatic carbocycles. The molecular weight excluding hydrogens is 344 g/mol. The van der Waals surface area contributed by atoms with Crippen LogP contribution in [0.3, 0.4) is 0 Å². The summed E-state index contributed by atoms with van der Waals surface area (Å²) >= 11 is 1.54. The first-order valence-corrected chi connectivity index (χ1v) is 9.28. The molecule has 1 aromatic heterocycles. The molecule has 1 unspecified atom stereocenters. The van der Waals surface area contributed by atoms with Crippen molar-refractivity contribution < 1.29 is 9.59 Å². The summed E-state index contributed by atoms with van der Waals surface area (Å²) < 4.78 is 0. The standard InChI is InChI=1S/C21H20N2O2S/c1-15(16-8-3-2-4-9-16)22-21(25)18-11-5-6-12-19(18)23-20(24)14-17-10-7-13-26-17/h2-13,15H,14H2,1H3,(H,22,25)(H,23,24). The summed E-state index contributed by atoms with van der Waals surface area (Å²) in [4.78, 5) is 25.9. The average molecular weight is 364 g/mol. The van der Waals surface area contributed by atoms with Crippen LogP contribution in [-0.4, -0.2) is 11.8 Å². The van der Waals surface area contributed by atoms with Crippen LogP contribution < -0.4 is 10.6 Å². The molecule has 2 N–H and O–H groups in total. The van der Waals surface area contributed by atoms with E-state index in [1.165, 1.54) is 11.3 Å². The minimum absolute atomic E-state index is 0.126. The molecular formula is C21H20N2O2S. The molecule has 0 aliphatic carbocycles. The second-order valence-corrected chi connectivity index (χ2v) is 6.99. The van der Waals surface area contributed by atoms with E-state index in [2.05, 4.69) is 10.6 Å². The number of carbonyl (C=O) groups excluding carboxylic acids is 2. The number of benzene rings is 2. The van der Waals surface area contributed by atoms with Crippen molar-refractivity contribution in [3.63, 3.8) is 0 Å². The number of rotatable bonds is 6. The minimum Gasteiger partial charge on any atom is -0.345 e. The van der Waals surface area contributed by atoms with Gasteiger partial charge in [-0.3, -0.25) is 9.59 Å². The number of anilines is 1. The number of hydrogen-bond donors (Lipinski definition) is 2. The third kappa shape index (κ3) is 4.58. The number of nitrogens with one attached hydrogen (secondary N) is 2. The van der Waals surface area contributed by atoms with Crippen molar-refractivity contribution in [2.75, 3.05) is 5.32 Å². The van der Waals surface area contributed by atoms with E-state index in [4.69, 9.17) is 0 Å². The molecule has 0 saturated heterocycles. The van der Waals surface area contributed by atoms with E-state index in [1.807, 2.05) is 54.8 Å². The van der Waals surface area contributed by atoms with Crippen molar-refractivity contribution in [1.82, 2.24) is 5.32 Å². The van der Waals surface area contributed by atoms with Gasteiger partial charge in [0.25, 0.3) is 5.91 Å². The Labute approximate surface area is 156 Å². The fourth-order valence-corrected chi connectivity index (χ4v) is 3.36. The summed E-state index contributed by atoms with van der Waals surface area (Å²) in [6.45, 7) is 1.94. The van der Waals surface area contributed by atoms with E-state index in [9.17, 15) is 9.59 Å². The van der Waals surface area contributed by atoms with Gasteiger partial charge in [0.2, 0.25) is 5.91 Å². The maximum absolute atomic E-state index is 12.7. The number of thiophene rings is 1. The first-order chi connectivity index (χ1) is 12.6. The van der Waals surface area contributed by atoms with Gasteiger partial charge in [0, 0.05) is 4.88 Å². The monoisotopic (exact) mass is 364 g/mol. The molecule has 26 heavy (non-hydrogen) atoms. The lowest BCUT2D eigenvalue weighted by Crippen LogP contribution is -2.28. The fraction of sp³-hybridized carbons (Fsp3) is 0.143. The summed E-state index contributed by atoms with van der Waals surface area (Å²) in [6, 6.07) is 20.5. The molecule has 0 fully saturated rings. The topological polar surface area (TPSA) is 58.2 Å². The Hall–Kier alpha value is -2.92.